The van der Waals surface area contributed by atoms with Crippen LogP contribution in [0, 0.1) is 6.92 Å². The second-order valence-electron chi connectivity index (χ2n) is 6.70. The highest BCUT2D eigenvalue weighted by molar-refractivity contribution is 14.0. The van der Waals surface area contributed by atoms with Crippen molar-refractivity contribution in [1.82, 2.24) is 25.4 Å². The monoisotopic (exact) mass is 504 g/mol. The van der Waals surface area contributed by atoms with Crippen LogP contribution in [0.15, 0.2) is 22.5 Å². The van der Waals surface area contributed by atoms with E-state index in [4.69, 9.17) is 9.73 Å². The van der Waals surface area contributed by atoms with Gasteiger partial charge in [-0.1, -0.05) is 13.0 Å². The molecule has 9 heteroatoms. The quantitative estimate of drug-likeness (QED) is 0.345. The summed E-state index contributed by atoms with van der Waals surface area (Å²) in [6, 6.07) is 4.27. The topological polar surface area (TPSA) is 76.4 Å². The summed E-state index contributed by atoms with van der Waals surface area (Å²) in [5, 5.41) is 17.3. The average molecular weight is 504 g/mol. The van der Waals surface area contributed by atoms with E-state index in [1.807, 2.05) is 18.5 Å². The lowest BCUT2D eigenvalue weighted by Crippen LogP contribution is -2.42. The van der Waals surface area contributed by atoms with E-state index < -0.39 is 0 Å². The van der Waals surface area contributed by atoms with Crippen LogP contribution in [0.4, 0.5) is 0 Å². The second-order valence-corrected chi connectivity index (χ2v) is 7.68. The number of hydrogen-bond acceptors (Lipinski definition) is 5. The molecule has 3 heterocycles. The molecule has 0 bridgehead atoms. The minimum atomic E-state index is 0. The van der Waals surface area contributed by atoms with Gasteiger partial charge < -0.3 is 19.9 Å². The largest absolute Gasteiger partial charge is 0.376 e. The van der Waals surface area contributed by atoms with Crippen molar-refractivity contribution in [1.29, 1.82) is 0 Å². The van der Waals surface area contributed by atoms with Crippen molar-refractivity contribution in [3.63, 3.8) is 0 Å². The molecular weight excluding hydrogens is 475 g/mol. The predicted molar refractivity (Wildman–Crippen MR) is 120 cm³/mol. The number of rotatable bonds is 7. The van der Waals surface area contributed by atoms with Gasteiger partial charge in [-0.05, 0) is 31.2 Å². The molecule has 0 aromatic carbocycles. The van der Waals surface area contributed by atoms with Crippen molar-refractivity contribution in [2.45, 2.75) is 45.3 Å². The second kappa shape index (κ2) is 11.0. The summed E-state index contributed by atoms with van der Waals surface area (Å²) >= 11 is 1.79. The van der Waals surface area contributed by atoms with Crippen molar-refractivity contribution in [3.8, 4) is 0 Å². The first-order valence-corrected chi connectivity index (χ1v) is 10.0. The normalized spacial score (nSPS) is 18.2. The van der Waals surface area contributed by atoms with Crippen LogP contribution in [-0.2, 0) is 18.3 Å². The fourth-order valence-electron chi connectivity index (χ4n) is 2.85. The standard InChI is InChI=1S/C18H28N6OS.HI/c1-13(16-7-5-9-26-16)10-19-18(20-11-15-6-4-8-25-15)21-12-17-23-22-14(2)24(17)3;/h5,7,9,13,15H,4,6,8,10-12H2,1-3H3,(H2,19,20,21);1H. The first-order chi connectivity index (χ1) is 12.6. The number of aliphatic imine (C=N–C) groups is 1. The summed E-state index contributed by atoms with van der Waals surface area (Å²) in [5.74, 6) is 2.97. The number of halogens is 1. The molecule has 1 fully saturated rings. The van der Waals surface area contributed by atoms with Crippen molar-refractivity contribution in [2.24, 2.45) is 12.0 Å². The lowest BCUT2D eigenvalue weighted by Gasteiger charge is -2.17. The van der Waals surface area contributed by atoms with Gasteiger partial charge in [-0.25, -0.2) is 4.99 Å². The van der Waals surface area contributed by atoms with Gasteiger partial charge in [0.15, 0.2) is 11.8 Å². The number of thiophene rings is 1. The Morgan fingerprint density at radius 2 is 2.30 bits per heavy atom. The molecule has 0 spiro atoms. The smallest absolute Gasteiger partial charge is 0.191 e. The van der Waals surface area contributed by atoms with Gasteiger partial charge >= 0.3 is 0 Å². The highest BCUT2D eigenvalue weighted by Crippen LogP contribution is 2.19. The van der Waals surface area contributed by atoms with Gasteiger partial charge in [-0.3, -0.25) is 0 Å². The third-order valence-corrected chi connectivity index (χ3v) is 5.79. The van der Waals surface area contributed by atoms with Crippen LogP contribution in [0.3, 0.4) is 0 Å². The molecule has 0 amide bonds. The third kappa shape index (κ3) is 6.42. The van der Waals surface area contributed by atoms with E-state index in [0.717, 1.165) is 50.1 Å². The molecule has 3 rings (SSSR count). The third-order valence-electron chi connectivity index (χ3n) is 4.69. The minimum Gasteiger partial charge on any atom is -0.376 e. The molecule has 7 nitrogen and oxygen atoms in total. The van der Waals surface area contributed by atoms with Crippen LogP contribution < -0.4 is 10.6 Å². The van der Waals surface area contributed by atoms with Gasteiger partial charge in [-0.15, -0.1) is 45.5 Å². The Morgan fingerprint density at radius 3 is 2.93 bits per heavy atom. The maximum Gasteiger partial charge on any atom is 0.191 e. The van der Waals surface area contributed by atoms with Crippen LogP contribution >= 0.6 is 35.3 Å². The molecule has 0 aliphatic carbocycles. The summed E-state index contributed by atoms with van der Waals surface area (Å²) < 4.78 is 7.67. The van der Waals surface area contributed by atoms with Crippen molar-refractivity contribution < 1.29 is 4.74 Å². The lowest BCUT2D eigenvalue weighted by molar-refractivity contribution is 0.114. The molecule has 1 saturated heterocycles. The van der Waals surface area contributed by atoms with E-state index in [0.29, 0.717) is 12.5 Å². The number of guanidine groups is 1. The Labute approximate surface area is 182 Å². The maximum absolute atomic E-state index is 5.70. The van der Waals surface area contributed by atoms with Crippen molar-refractivity contribution in [3.05, 3.63) is 34.0 Å². The molecule has 27 heavy (non-hydrogen) atoms. The summed E-state index contributed by atoms with van der Waals surface area (Å²) in [6.45, 7) is 7.12. The average Bonchev–Trinajstić information content (AvgIpc) is 3.39. The fourth-order valence-corrected chi connectivity index (χ4v) is 3.64. The summed E-state index contributed by atoms with van der Waals surface area (Å²) in [5.41, 5.74) is 0. The number of nitrogens with zero attached hydrogens (tertiary/aromatic N) is 4. The Balaban J connectivity index is 0.00000261. The van der Waals surface area contributed by atoms with Crippen LogP contribution in [-0.4, -0.2) is 46.5 Å². The van der Waals surface area contributed by atoms with Crippen molar-refractivity contribution >= 4 is 41.3 Å². The lowest BCUT2D eigenvalue weighted by atomic mass is 10.1. The van der Waals surface area contributed by atoms with E-state index in [9.17, 15) is 0 Å². The first-order valence-electron chi connectivity index (χ1n) is 9.15. The van der Waals surface area contributed by atoms with Gasteiger partial charge in [0, 0.05) is 37.5 Å². The van der Waals surface area contributed by atoms with E-state index in [1.165, 1.54) is 4.88 Å². The summed E-state index contributed by atoms with van der Waals surface area (Å²) in [4.78, 5) is 6.08. The zero-order valence-electron chi connectivity index (χ0n) is 16.1. The molecule has 0 radical (unpaired) electrons. The number of ether oxygens (including phenoxy) is 1. The van der Waals surface area contributed by atoms with E-state index >= 15 is 0 Å². The molecule has 2 N–H and O–H groups in total. The molecule has 2 aromatic heterocycles. The first kappa shape index (κ1) is 22.1. The van der Waals surface area contributed by atoms with Crippen LogP contribution in [0.2, 0.25) is 0 Å². The SMILES string of the molecule is Cc1nnc(CN=C(NCC2CCCO2)NCC(C)c2cccs2)n1C.I. The number of aryl methyl sites for hydroxylation is 1. The maximum atomic E-state index is 5.70. The fraction of sp³-hybridized carbons (Fsp3) is 0.611. The highest BCUT2D eigenvalue weighted by Gasteiger charge is 2.16. The zero-order valence-corrected chi connectivity index (χ0v) is 19.3. The molecular formula is C18H29IN6OS. The van der Waals surface area contributed by atoms with Gasteiger partial charge in [0.05, 0.1) is 6.10 Å². The van der Waals surface area contributed by atoms with E-state index in [-0.39, 0.29) is 30.1 Å². The molecule has 1 aliphatic heterocycles. The molecule has 1 aliphatic rings. The zero-order chi connectivity index (χ0) is 18.4. The molecule has 0 saturated carbocycles. The number of hydrogen-bond donors (Lipinski definition) is 2. The number of nitrogens with one attached hydrogen (secondary N) is 2. The summed E-state index contributed by atoms with van der Waals surface area (Å²) in [7, 11) is 1.96. The molecule has 2 aromatic rings. The molecule has 2 atom stereocenters. The minimum absolute atomic E-state index is 0. The van der Waals surface area contributed by atoms with Gasteiger partial charge in [0.2, 0.25) is 0 Å². The van der Waals surface area contributed by atoms with Crippen molar-refractivity contribution in [2.75, 3.05) is 19.7 Å². The highest BCUT2D eigenvalue weighted by atomic mass is 127. The van der Waals surface area contributed by atoms with Crippen LogP contribution in [0.5, 0.6) is 0 Å². The Morgan fingerprint density at radius 1 is 1.44 bits per heavy atom. The molecule has 150 valence electrons. The van der Waals surface area contributed by atoms with Crippen LogP contribution in [0.25, 0.3) is 0 Å². The van der Waals surface area contributed by atoms with E-state index in [2.05, 4.69) is 45.3 Å². The summed E-state index contributed by atoms with van der Waals surface area (Å²) in [6.07, 6.45) is 2.52. The van der Waals surface area contributed by atoms with Gasteiger partial charge in [-0.2, -0.15) is 0 Å². The van der Waals surface area contributed by atoms with Crippen LogP contribution in [0.1, 0.15) is 42.2 Å². The molecule has 2 unspecified atom stereocenters. The Kier molecular flexibility index (Phi) is 8.97. The Hall–Kier alpha value is -1.20. The van der Waals surface area contributed by atoms with Gasteiger partial charge in [0.1, 0.15) is 12.4 Å². The predicted octanol–water partition coefficient (Wildman–Crippen LogP) is 2.82. The van der Waals surface area contributed by atoms with E-state index in [1.54, 1.807) is 11.3 Å². The number of aromatic nitrogens is 3. The Bertz CT molecular complexity index is 712. The van der Waals surface area contributed by atoms with Gasteiger partial charge in [0.25, 0.3) is 0 Å².